The van der Waals surface area contributed by atoms with Gasteiger partial charge in [0.15, 0.2) is 0 Å². The highest BCUT2D eigenvalue weighted by atomic mass is 16.4. The summed E-state index contributed by atoms with van der Waals surface area (Å²) in [5.74, 6) is -1.04. The minimum Gasteiger partial charge on any atom is -0.481 e. The molecule has 1 rings (SSSR count). The SMILES string of the molecule is CCN(C)C(=O)N[C@H]1CC[C@@H](C(=O)O)C1. The topological polar surface area (TPSA) is 69.6 Å². The molecule has 86 valence electrons. The molecule has 15 heavy (non-hydrogen) atoms. The molecule has 1 aliphatic rings. The second-order valence-corrected chi connectivity index (χ2v) is 4.01. The predicted octanol–water partition coefficient (Wildman–Crippen LogP) is 0.901. The summed E-state index contributed by atoms with van der Waals surface area (Å²) in [5.41, 5.74) is 0. The number of nitrogens with zero attached hydrogens (tertiary/aromatic N) is 1. The van der Waals surface area contributed by atoms with Crippen molar-refractivity contribution < 1.29 is 14.7 Å². The summed E-state index contributed by atoms with van der Waals surface area (Å²) in [6.07, 6.45) is 1.98. The molecule has 1 fully saturated rings. The third-order valence-electron chi connectivity index (χ3n) is 2.93. The third kappa shape index (κ3) is 3.11. The van der Waals surface area contributed by atoms with Crippen LogP contribution in [-0.4, -0.2) is 41.6 Å². The van der Waals surface area contributed by atoms with E-state index in [1.54, 1.807) is 11.9 Å². The molecule has 1 saturated carbocycles. The van der Waals surface area contributed by atoms with Gasteiger partial charge in [-0.3, -0.25) is 4.79 Å². The smallest absolute Gasteiger partial charge is 0.317 e. The first-order chi connectivity index (χ1) is 7.04. The summed E-state index contributed by atoms with van der Waals surface area (Å²) in [5, 5.41) is 11.6. The Kier molecular flexibility index (Phi) is 3.94. The maximum absolute atomic E-state index is 11.5. The molecule has 0 bridgehead atoms. The molecule has 0 radical (unpaired) electrons. The van der Waals surface area contributed by atoms with E-state index >= 15 is 0 Å². The van der Waals surface area contributed by atoms with E-state index in [0.29, 0.717) is 19.4 Å². The van der Waals surface area contributed by atoms with Crippen LogP contribution in [-0.2, 0) is 4.79 Å². The molecule has 1 aliphatic carbocycles. The van der Waals surface area contributed by atoms with Gasteiger partial charge in [0.2, 0.25) is 0 Å². The molecule has 0 heterocycles. The average Bonchev–Trinajstić information content (AvgIpc) is 2.65. The van der Waals surface area contributed by atoms with Crippen molar-refractivity contribution >= 4 is 12.0 Å². The summed E-state index contributed by atoms with van der Waals surface area (Å²) in [6.45, 7) is 2.55. The molecule has 2 amide bonds. The van der Waals surface area contributed by atoms with Crippen LogP contribution in [0.2, 0.25) is 0 Å². The Bertz CT molecular complexity index is 255. The predicted molar refractivity (Wildman–Crippen MR) is 55.6 cm³/mol. The maximum atomic E-state index is 11.5. The molecular formula is C10H18N2O3. The molecule has 0 aromatic rings. The number of nitrogens with one attached hydrogen (secondary N) is 1. The van der Waals surface area contributed by atoms with Crippen LogP contribution in [0.1, 0.15) is 26.2 Å². The lowest BCUT2D eigenvalue weighted by molar-refractivity contribution is -0.141. The highest BCUT2D eigenvalue weighted by Crippen LogP contribution is 2.25. The maximum Gasteiger partial charge on any atom is 0.317 e. The van der Waals surface area contributed by atoms with E-state index in [2.05, 4.69) is 5.32 Å². The number of urea groups is 1. The zero-order chi connectivity index (χ0) is 11.4. The molecule has 0 aromatic heterocycles. The van der Waals surface area contributed by atoms with E-state index in [-0.39, 0.29) is 18.0 Å². The third-order valence-corrected chi connectivity index (χ3v) is 2.93. The van der Waals surface area contributed by atoms with Crippen LogP contribution in [0.5, 0.6) is 0 Å². The quantitative estimate of drug-likeness (QED) is 0.733. The molecule has 5 nitrogen and oxygen atoms in total. The van der Waals surface area contributed by atoms with E-state index in [1.165, 1.54) is 0 Å². The fourth-order valence-electron chi connectivity index (χ4n) is 1.77. The summed E-state index contributed by atoms with van der Waals surface area (Å²) >= 11 is 0. The van der Waals surface area contributed by atoms with E-state index < -0.39 is 5.97 Å². The van der Waals surface area contributed by atoms with Crippen LogP contribution >= 0.6 is 0 Å². The highest BCUT2D eigenvalue weighted by Gasteiger charge is 2.30. The van der Waals surface area contributed by atoms with Crippen molar-refractivity contribution in [2.45, 2.75) is 32.2 Å². The number of hydrogen-bond acceptors (Lipinski definition) is 2. The lowest BCUT2D eigenvalue weighted by Gasteiger charge is -2.19. The van der Waals surface area contributed by atoms with Crippen molar-refractivity contribution in [2.75, 3.05) is 13.6 Å². The highest BCUT2D eigenvalue weighted by molar-refractivity contribution is 5.75. The number of carbonyl (C=O) groups is 2. The lowest BCUT2D eigenvalue weighted by atomic mass is 10.1. The second-order valence-electron chi connectivity index (χ2n) is 4.01. The molecular weight excluding hydrogens is 196 g/mol. The zero-order valence-electron chi connectivity index (χ0n) is 9.19. The first-order valence-electron chi connectivity index (χ1n) is 5.29. The first-order valence-corrected chi connectivity index (χ1v) is 5.29. The molecule has 2 atom stereocenters. The van der Waals surface area contributed by atoms with Crippen LogP contribution in [0, 0.1) is 5.92 Å². The van der Waals surface area contributed by atoms with Gasteiger partial charge >= 0.3 is 12.0 Å². The molecule has 5 heteroatoms. The fourth-order valence-corrected chi connectivity index (χ4v) is 1.77. The molecule has 0 spiro atoms. The molecule has 0 aliphatic heterocycles. The Balaban J connectivity index is 2.36. The number of amides is 2. The monoisotopic (exact) mass is 214 g/mol. The fraction of sp³-hybridized carbons (Fsp3) is 0.800. The summed E-state index contributed by atoms with van der Waals surface area (Å²) < 4.78 is 0. The Morgan fingerprint density at radius 2 is 2.13 bits per heavy atom. The van der Waals surface area contributed by atoms with Gasteiger partial charge in [0.05, 0.1) is 5.92 Å². The van der Waals surface area contributed by atoms with Gasteiger partial charge in [-0.25, -0.2) is 4.79 Å². The van der Waals surface area contributed by atoms with Crippen LogP contribution in [0.15, 0.2) is 0 Å². The minimum atomic E-state index is -0.754. The van der Waals surface area contributed by atoms with Gasteiger partial charge < -0.3 is 15.3 Å². The number of carboxylic acids is 1. The average molecular weight is 214 g/mol. The number of carbonyl (C=O) groups excluding carboxylic acids is 1. The van der Waals surface area contributed by atoms with Crippen molar-refractivity contribution in [2.24, 2.45) is 5.92 Å². The zero-order valence-corrected chi connectivity index (χ0v) is 9.19. The van der Waals surface area contributed by atoms with E-state index in [0.717, 1.165) is 6.42 Å². The Labute approximate surface area is 89.4 Å². The van der Waals surface area contributed by atoms with Gasteiger partial charge in [0, 0.05) is 19.6 Å². The molecule has 0 saturated heterocycles. The van der Waals surface area contributed by atoms with Crippen LogP contribution in [0.4, 0.5) is 4.79 Å². The van der Waals surface area contributed by atoms with Crippen molar-refractivity contribution in [3.8, 4) is 0 Å². The number of hydrogen-bond donors (Lipinski definition) is 2. The van der Waals surface area contributed by atoms with Crippen molar-refractivity contribution in [1.29, 1.82) is 0 Å². The number of rotatable bonds is 3. The normalized spacial score (nSPS) is 24.9. The molecule has 0 unspecified atom stereocenters. The van der Waals surface area contributed by atoms with Crippen LogP contribution < -0.4 is 5.32 Å². The summed E-state index contributed by atoms with van der Waals surface area (Å²) in [4.78, 5) is 23.8. The van der Waals surface area contributed by atoms with Gasteiger partial charge in [0.1, 0.15) is 0 Å². The van der Waals surface area contributed by atoms with E-state index in [1.807, 2.05) is 6.92 Å². The first kappa shape index (κ1) is 11.8. The van der Waals surface area contributed by atoms with E-state index in [4.69, 9.17) is 5.11 Å². The van der Waals surface area contributed by atoms with Crippen molar-refractivity contribution in [3.05, 3.63) is 0 Å². The van der Waals surface area contributed by atoms with Crippen LogP contribution in [0.3, 0.4) is 0 Å². The number of aliphatic carboxylic acids is 1. The van der Waals surface area contributed by atoms with Crippen LogP contribution in [0.25, 0.3) is 0 Å². The van der Waals surface area contributed by atoms with Crippen molar-refractivity contribution in [1.82, 2.24) is 10.2 Å². The minimum absolute atomic E-state index is 0.0209. The second kappa shape index (κ2) is 5.00. The standard InChI is InChI=1S/C10H18N2O3/c1-3-12(2)10(15)11-8-5-4-7(6-8)9(13)14/h7-8H,3-6H2,1-2H3,(H,11,15)(H,13,14)/t7-,8+/m1/s1. The van der Waals surface area contributed by atoms with Gasteiger partial charge in [-0.1, -0.05) is 0 Å². The Morgan fingerprint density at radius 3 is 2.60 bits per heavy atom. The summed E-state index contributed by atoms with van der Waals surface area (Å²) in [6, 6.07) is -0.0962. The van der Waals surface area contributed by atoms with Gasteiger partial charge in [-0.05, 0) is 26.2 Å². The summed E-state index contributed by atoms with van der Waals surface area (Å²) in [7, 11) is 1.72. The Morgan fingerprint density at radius 1 is 1.47 bits per heavy atom. The van der Waals surface area contributed by atoms with Gasteiger partial charge in [-0.15, -0.1) is 0 Å². The number of carboxylic acid groups (broad SMARTS) is 1. The van der Waals surface area contributed by atoms with Crippen molar-refractivity contribution in [3.63, 3.8) is 0 Å². The largest absolute Gasteiger partial charge is 0.481 e. The lowest BCUT2D eigenvalue weighted by Crippen LogP contribution is -2.42. The van der Waals surface area contributed by atoms with Gasteiger partial charge in [-0.2, -0.15) is 0 Å². The Hall–Kier alpha value is -1.26. The van der Waals surface area contributed by atoms with Gasteiger partial charge in [0.25, 0.3) is 0 Å². The molecule has 2 N–H and O–H groups in total. The van der Waals surface area contributed by atoms with E-state index in [9.17, 15) is 9.59 Å². The molecule has 0 aromatic carbocycles.